The summed E-state index contributed by atoms with van der Waals surface area (Å²) in [6.07, 6.45) is 4.87. The number of aromatic nitrogens is 2. The highest BCUT2D eigenvalue weighted by Crippen LogP contribution is 2.09. The number of rotatable bonds is 4. The molecule has 0 fully saturated rings. The van der Waals surface area contributed by atoms with Gasteiger partial charge in [-0.25, -0.2) is 5.43 Å². The first-order chi connectivity index (χ1) is 9.58. The quantitative estimate of drug-likeness (QED) is 0.621. The summed E-state index contributed by atoms with van der Waals surface area (Å²) < 4.78 is 0. The molecular formula is C14H18N5O+. The van der Waals surface area contributed by atoms with Gasteiger partial charge < -0.3 is 5.73 Å². The lowest BCUT2D eigenvalue weighted by atomic mass is 10.1. The molecule has 0 aliphatic heterocycles. The SMILES string of the molecule is CC(C)[C@@H]([NH3+])C(=O)N/N=C\c1ccc2nccnc2c1. The fourth-order valence-electron chi connectivity index (χ4n) is 1.62. The van der Waals surface area contributed by atoms with Gasteiger partial charge in [-0.1, -0.05) is 19.9 Å². The second-order valence-electron chi connectivity index (χ2n) is 4.89. The topological polar surface area (TPSA) is 94.9 Å². The summed E-state index contributed by atoms with van der Waals surface area (Å²) in [6.45, 7) is 3.89. The van der Waals surface area contributed by atoms with Crippen LogP contribution in [0.4, 0.5) is 0 Å². The van der Waals surface area contributed by atoms with Crippen LogP contribution in [0.1, 0.15) is 19.4 Å². The molecule has 1 atom stereocenters. The first-order valence-corrected chi connectivity index (χ1v) is 6.44. The number of hydrazone groups is 1. The van der Waals surface area contributed by atoms with Crippen molar-refractivity contribution in [1.29, 1.82) is 0 Å². The summed E-state index contributed by atoms with van der Waals surface area (Å²) >= 11 is 0. The molecule has 2 rings (SSSR count). The van der Waals surface area contributed by atoms with Gasteiger partial charge >= 0.3 is 0 Å². The average molecular weight is 272 g/mol. The number of carbonyl (C=O) groups excluding carboxylic acids is 1. The van der Waals surface area contributed by atoms with Gasteiger partial charge in [-0.2, -0.15) is 5.10 Å². The van der Waals surface area contributed by atoms with Gasteiger partial charge in [0.2, 0.25) is 0 Å². The van der Waals surface area contributed by atoms with Gasteiger partial charge in [0.25, 0.3) is 5.91 Å². The molecule has 1 heterocycles. The predicted octanol–water partition coefficient (Wildman–Crippen LogP) is 0.346. The van der Waals surface area contributed by atoms with Crippen LogP contribution in [0.3, 0.4) is 0 Å². The molecule has 0 unspecified atom stereocenters. The largest absolute Gasteiger partial charge is 0.347 e. The van der Waals surface area contributed by atoms with Crippen LogP contribution < -0.4 is 11.2 Å². The third-order valence-corrected chi connectivity index (χ3v) is 3.02. The lowest BCUT2D eigenvalue weighted by molar-refractivity contribution is -0.414. The highest BCUT2D eigenvalue weighted by molar-refractivity contribution is 5.88. The number of fused-ring (bicyclic) bond motifs is 1. The van der Waals surface area contributed by atoms with E-state index in [2.05, 4.69) is 26.2 Å². The molecule has 1 aromatic carbocycles. The molecule has 4 N–H and O–H groups in total. The fourth-order valence-corrected chi connectivity index (χ4v) is 1.62. The highest BCUT2D eigenvalue weighted by atomic mass is 16.2. The van der Waals surface area contributed by atoms with E-state index in [-0.39, 0.29) is 17.9 Å². The van der Waals surface area contributed by atoms with Crippen LogP contribution in [-0.4, -0.2) is 28.1 Å². The lowest BCUT2D eigenvalue weighted by Crippen LogP contribution is -2.69. The standard InChI is InChI=1S/C14H17N5O/c1-9(2)13(15)14(20)19-18-8-10-3-4-11-12(7-10)17-6-5-16-11/h3-9,13H,15H2,1-2H3,(H,19,20)/p+1/b18-8-/t13-/m1/s1. The van der Waals surface area contributed by atoms with Crippen LogP contribution in [0.2, 0.25) is 0 Å². The number of nitrogens with zero attached hydrogens (tertiary/aromatic N) is 3. The number of amides is 1. The summed E-state index contributed by atoms with van der Waals surface area (Å²) in [7, 11) is 0. The van der Waals surface area contributed by atoms with Gasteiger partial charge in [0.1, 0.15) is 0 Å². The number of hydrogen-bond acceptors (Lipinski definition) is 4. The third kappa shape index (κ3) is 3.36. The van der Waals surface area contributed by atoms with Gasteiger partial charge in [-0.05, 0) is 17.7 Å². The number of carbonyl (C=O) groups is 1. The van der Waals surface area contributed by atoms with E-state index in [1.807, 2.05) is 32.0 Å². The average Bonchev–Trinajstić information content (AvgIpc) is 2.46. The Hall–Kier alpha value is -2.34. The van der Waals surface area contributed by atoms with Crippen molar-refractivity contribution in [1.82, 2.24) is 15.4 Å². The van der Waals surface area contributed by atoms with Gasteiger partial charge in [-0.3, -0.25) is 14.8 Å². The molecule has 104 valence electrons. The number of nitrogens with one attached hydrogen (secondary N) is 1. The van der Waals surface area contributed by atoms with E-state index in [1.165, 1.54) is 0 Å². The van der Waals surface area contributed by atoms with Crippen LogP contribution in [0.15, 0.2) is 35.7 Å². The van der Waals surface area contributed by atoms with Gasteiger partial charge in [0.15, 0.2) is 6.04 Å². The summed E-state index contributed by atoms with van der Waals surface area (Å²) in [4.78, 5) is 20.1. The number of hydrogen-bond donors (Lipinski definition) is 2. The van der Waals surface area contributed by atoms with Gasteiger partial charge in [-0.15, -0.1) is 0 Å². The first kappa shape index (κ1) is 14.1. The molecule has 0 aliphatic rings. The molecule has 0 saturated carbocycles. The van der Waals surface area contributed by atoms with Crippen molar-refractivity contribution < 1.29 is 10.5 Å². The van der Waals surface area contributed by atoms with E-state index in [0.29, 0.717) is 0 Å². The van der Waals surface area contributed by atoms with Crippen molar-refractivity contribution in [3.8, 4) is 0 Å². The molecule has 0 spiro atoms. The third-order valence-electron chi connectivity index (χ3n) is 3.02. The molecule has 0 bridgehead atoms. The van der Waals surface area contributed by atoms with Crippen molar-refractivity contribution in [2.75, 3.05) is 0 Å². The predicted molar refractivity (Wildman–Crippen MR) is 76.8 cm³/mol. The van der Waals surface area contributed by atoms with Crippen LogP contribution >= 0.6 is 0 Å². The molecule has 0 saturated heterocycles. The Balaban J connectivity index is 2.04. The Morgan fingerprint density at radius 2 is 2.00 bits per heavy atom. The minimum absolute atomic E-state index is 0.182. The zero-order valence-electron chi connectivity index (χ0n) is 11.6. The molecule has 6 heteroatoms. The van der Waals surface area contributed by atoms with E-state index in [4.69, 9.17) is 0 Å². The van der Waals surface area contributed by atoms with Crippen LogP contribution in [0, 0.1) is 5.92 Å². The normalized spacial score (nSPS) is 13.0. The van der Waals surface area contributed by atoms with Crippen molar-refractivity contribution in [3.63, 3.8) is 0 Å². The summed E-state index contributed by atoms with van der Waals surface area (Å²) in [5.41, 5.74) is 8.76. The summed E-state index contributed by atoms with van der Waals surface area (Å²) in [5.74, 6) is -0.00188. The summed E-state index contributed by atoms with van der Waals surface area (Å²) in [6, 6.07) is 5.29. The van der Waals surface area contributed by atoms with Crippen LogP contribution in [0.5, 0.6) is 0 Å². The zero-order valence-corrected chi connectivity index (χ0v) is 11.6. The summed E-state index contributed by atoms with van der Waals surface area (Å²) in [5, 5.41) is 3.94. The minimum Gasteiger partial charge on any atom is -0.347 e. The van der Waals surface area contributed by atoms with Crippen molar-refractivity contribution in [3.05, 3.63) is 36.2 Å². The Labute approximate surface area is 117 Å². The second-order valence-corrected chi connectivity index (χ2v) is 4.89. The number of benzene rings is 1. The van der Waals surface area contributed by atoms with E-state index < -0.39 is 0 Å². The first-order valence-electron chi connectivity index (χ1n) is 6.44. The highest BCUT2D eigenvalue weighted by Gasteiger charge is 2.20. The molecule has 2 aromatic rings. The Bertz CT molecular complexity index is 638. The molecule has 1 aromatic heterocycles. The van der Waals surface area contributed by atoms with E-state index in [1.54, 1.807) is 18.6 Å². The fraction of sp³-hybridized carbons (Fsp3) is 0.286. The Morgan fingerprint density at radius 3 is 2.70 bits per heavy atom. The monoisotopic (exact) mass is 272 g/mol. The van der Waals surface area contributed by atoms with E-state index >= 15 is 0 Å². The maximum atomic E-state index is 11.7. The lowest BCUT2D eigenvalue weighted by Gasteiger charge is -2.09. The Kier molecular flexibility index (Phi) is 4.37. The maximum Gasteiger partial charge on any atom is 0.298 e. The van der Waals surface area contributed by atoms with Crippen molar-refractivity contribution in [2.24, 2.45) is 11.0 Å². The molecule has 0 radical (unpaired) electrons. The molecule has 1 amide bonds. The second kappa shape index (κ2) is 6.21. The van der Waals surface area contributed by atoms with Crippen molar-refractivity contribution in [2.45, 2.75) is 19.9 Å². The maximum absolute atomic E-state index is 11.7. The van der Waals surface area contributed by atoms with Crippen LogP contribution in [-0.2, 0) is 4.79 Å². The molecular weight excluding hydrogens is 254 g/mol. The minimum atomic E-state index is -0.311. The van der Waals surface area contributed by atoms with Gasteiger partial charge in [0.05, 0.1) is 17.2 Å². The molecule has 0 aliphatic carbocycles. The van der Waals surface area contributed by atoms with E-state index in [9.17, 15) is 4.79 Å². The smallest absolute Gasteiger partial charge is 0.298 e. The van der Waals surface area contributed by atoms with Crippen molar-refractivity contribution >= 4 is 23.2 Å². The Morgan fingerprint density at radius 1 is 1.30 bits per heavy atom. The molecule has 20 heavy (non-hydrogen) atoms. The zero-order chi connectivity index (χ0) is 14.5. The number of quaternary nitrogens is 1. The van der Waals surface area contributed by atoms with Gasteiger partial charge in [0, 0.05) is 18.3 Å². The van der Waals surface area contributed by atoms with E-state index in [0.717, 1.165) is 16.6 Å². The van der Waals surface area contributed by atoms with Crippen LogP contribution in [0.25, 0.3) is 11.0 Å². The molecule has 6 nitrogen and oxygen atoms in total.